The van der Waals surface area contributed by atoms with E-state index in [0.29, 0.717) is 5.92 Å². The van der Waals surface area contributed by atoms with Crippen molar-refractivity contribution in [3.63, 3.8) is 0 Å². The number of hydrogen-bond acceptors (Lipinski definition) is 3. The van der Waals surface area contributed by atoms with Gasteiger partial charge in [-0.15, -0.1) is 11.8 Å². The minimum absolute atomic E-state index is 0.236. The first-order valence-electron chi connectivity index (χ1n) is 4.32. The number of rotatable bonds is 4. The third kappa shape index (κ3) is 3.28. The van der Waals surface area contributed by atoms with Gasteiger partial charge in [-0.3, -0.25) is 0 Å². The van der Waals surface area contributed by atoms with Crippen molar-refractivity contribution in [1.82, 2.24) is 0 Å². The zero-order chi connectivity index (χ0) is 9.68. The first-order valence-corrected chi connectivity index (χ1v) is 5.30. The second kappa shape index (κ2) is 5.14. The fourth-order valence-electron chi connectivity index (χ4n) is 0.897. The Morgan fingerprint density at radius 2 is 2.15 bits per heavy atom. The summed E-state index contributed by atoms with van der Waals surface area (Å²) in [5, 5.41) is 8.84. The lowest BCUT2D eigenvalue weighted by atomic mass is 10.2. The third-order valence-electron chi connectivity index (χ3n) is 1.75. The zero-order valence-corrected chi connectivity index (χ0v) is 8.55. The van der Waals surface area contributed by atoms with Crippen molar-refractivity contribution < 1.29 is 5.11 Å². The summed E-state index contributed by atoms with van der Waals surface area (Å²) in [6.07, 6.45) is 0. The smallest absolute Gasteiger partial charge is 0.0464 e. The van der Waals surface area contributed by atoms with Crippen LogP contribution in [0.15, 0.2) is 29.2 Å². The lowest BCUT2D eigenvalue weighted by Gasteiger charge is -2.08. The molecule has 72 valence electrons. The zero-order valence-electron chi connectivity index (χ0n) is 7.73. The van der Waals surface area contributed by atoms with E-state index in [2.05, 4.69) is 0 Å². The summed E-state index contributed by atoms with van der Waals surface area (Å²) in [5.41, 5.74) is 6.58. The molecule has 0 aliphatic heterocycles. The lowest BCUT2D eigenvalue weighted by molar-refractivity contribution is 0.250. The molecule has 3 N–H and O–H groups in total. The Bertz CT molecular complexity index is 265. The summed E-state index contributed by atoms with van der Waals surface area (Å²) in [7, 11) is 0. The Balaban J connectivity index is 2.50. The maximum atomic E-state index is 8.84. The van der Waals surface area contributed by atoms with Crippen LogP contribution in [-0.2, 0) is 0 Å². The van der Waals surface area contributed by atoms with Crippen molar-refractivity contribution in [2.75, 3.05) is 18.1 Å². The maximum absolute atomic E-state index is 8.84. The molecular weight excluding hydrogens is 182 g/mol. The Morgan fingerprint density at radius 1 is 1.46 bits per heavy atom. The number of hydrogen-bond donors (Lipinski definition) is 2. The van der Waals surface area contributed by atoms with E-state index in [1.165, 1.54) is 0 Å². The van der Waals surface area contributed by atoms with E-state index in [9.17, 15) is 0 Å². The summed E-state index contributed by atoms with van der Waals surface area (Å²) in [5.74, 6) is 1.23. The maximum Gasteiger partial charge on any atom is 0.0464 e. The van der Waals surface area contributed by atoms with Crippen LogP contribution >= 0.6 is 11.8 Å². The van der Waals surface area contributed by atoms with Crippen LogP contribution in [0.5, 0.6) is 0 Å². The van der Waals surface area contributed by atoms with Gasteiger partial charge in [0, 0.05) is 22.9 Å². The van der Waals surface area contributed by atoms with Crippen LogP contribution < -0.4 is 5.73 Å². The molecule has 0 aromatic heterocycles. The number of nitrogens with two attached hydrogens (primary N) is 1. The summed E-state index contributed by atoms with van der Waals surface area (Å²) in [6, 6.07) is 7.80. The van der Waals surface area contributed by atoms with Crippen molar-refractivity contribution in [2.24, 2.45) is 5.92 Å². The molecule has 0 amide bonds. The highest BCUT2D eigenvalue weighted by Crippen LogP contribution is 2.25. The molecule has 0 radical (unpaired) electrons. The SMILES string of the molecule is CC(CO)CSc1ccccc1N. The quantitative estimate of drug-likeness (QED) is 0.573. The van der Waals surface area contributed by atoms with Crippen molar-refractivity contribution in [2.45, 2.75) is 11.8 Å². The highest BCUT2D eigenvalue weighted by Gasteiger charge is 2.02. The van der Waals surface area contributed by atoms with Gasteiger partial charge < -0.3 is 10.8 Å². The number of nitrogen functional groups attached to an aromatic ring is 1. The monoisotopic (exact) mass is 197 g/mol. The van der Waals surface area contributed by atoms with Crippen LogP contribution in [0.25, 0.3) is 0 Å². The molecule has 0 saturated heterocycles. The molecule has 0 bridgehead atoms. The lowest BCUT2D eigenvalue weighted by Crippen LogP contribution is -2.03. The molecule has 1 aromatic carbocycles. The molecule has 1 rings (SSSR count). The van der Waals surface area contributed by atoms with Gasteiger partial charge in [-0.25, -0.2) is 0 Å². The van der Waals surface area contributed by atoms with Gasteiger partial charge in [0.1, 0.15) is 0 Å². The summed E-state index contributed by atoms with van der Waals surface area (Å²) in [4.78, 5) is 1.10. The van der Waals surface area contributed by atoms with E-state index in [1.807, 2.05) is 31.2 Å². The molecule has 0 saturated carbocycles. The number of anilines is 1. The molecule has 0 heterocycles. The number of para-hydroxylation sites is 1. The first-order chi connectivity index (χ1) is 6.24. The Morgan fingerprint density at radius 3 is 2.77 bits per heavy atom. The van der Waals surface area contributed by atoms with E-state index >= 15 is 0 Å². The fraction of sp³-hybridized carbons (Fsp3) is 0.400. The Hall–Kier alpha value is -0.670. The van der Waals surface area contributed by atoms with Crippen LogP contribution in [0.4, 0.5) is 5.69 Å². The second-order valence-corrected chi connectivity index (χ2v) is 4.20. The Kier molecular flexibility index (Phi) is 4.12. The van der Waals surface area contributed by atoms with E-state index < -0.39 is 0 Å². The number of aliphatic hydroxyl groups excluding tert-OH is 1. The van der Waals surface area contributed by atoms with Gasteiger partial charge in [-0.1, -0.05) is 19.1 Å². The third-order valence-corrected chi connectivity index (χ3v) is 3.17. The largest absolute Gasteiger partial charge is 0.398 e. The van der Waals surface area contributed by atoms with Gasteiger partial charge in [-0.2, -0.15) is 0 Å². The second-order valence-electron chi connectivity index (χ2n) is 3.14. The van der Waals surface area contributed by atoms with Crippen molar-refractivity contribution >= 4 is 17.4 Å². The molecular formula is C10H15NOS. The van der Waals surface area contributed by atoms with Gasteiger partial charge in [-0.05, 0) is 18.1 Å². The van der Waals surface area contributed by atoms with E-state index in [0.717, 1.165) is 16.3 Å². The predicted molar refractivity (Wildman–Crippen MR) is 57.8 cm³/mol. The summed E-state index contributed by atoms with van der Waals surface area (Å²) in [6.45, 7) is 2.26. The number of benzene rings is 1. The van der Waals surface area contributed by atoms with Crippen molar-refractivity contribution in [3.05, 3.63) is 24.3 Å². The van der Waals surface area contributed by atoms with Gasteiger partial charge in [0.05, 0.1) is 0 Å². The standard InChI is InChI=1S/C10H15NOS/c1-8(6-12)7-13-10-5-3-2-4-9(10)11/h2-5,8,12H,6-7,11H2,1H3. The van der Waals surface area contributed by atoms with Crippen LogP contribution in [-0.4, -0.2) is 17.5 Å². The molecule has 0 spiro atoms. The molecule has 0 aliphatic rings. The number of aliphatic hydroxyl groups is 1. The fourth-order valence-corrected chi connectivity index (χ4v) is 1.88. The van der Waals surface area contributed by atoms with E-state index in [-0.39, 0.29) is 6.61 Å². The molecule has 13 heavy (non-hydrogen) atoms. The predicted octanol–water partition coefficient (Wildman–Crippen LogP) is 1.99. The Labute approximate surface area is 83.1 Å². The van der Waals surface area contributed by atoms with Gasteiger partial charge in [0.25, 0.3) is 0 Å². The molecule has 3 heteroatoms. The first kappa shape index (κ1) is 10.4. The van der Waals surface area contributed by atoms with Gasteiger partial charge in [0.15, 0.2) is 0 Å². The molecule has 0 aliphatic carbocycles. The minimum atomic E-state index is 0.236. The normalized spacial score (nSPS) is 12.8. The molecule has 1 aromatic rings. The highest BCUT2D eigenvalue weighted by molar-refractivity contribution is 7.99. The minimum Gasteiger partial charge on any atom is -0.398 e. The van der Waals surface area contributed by atoms with Crippen molar-refractivity contribution in [3.8, 4) is 0 Å². The summed E-state index contributed by atoms with van der Waals surface area (Å²) >= 11 is 1.69. The average molecular weight is 197 g/mol. The van der Waals surface area contributed by atoms with E-state index in [4.69, 9.17) is 10.8 Å². The van der Waals surface area contributed by atoms with Crippen LogP contribution in [0.2, 0.25) is 0 Å². The van der Waals surface area contributed by atoms with Gasteiger partial charge >= 0.3 is 0 Å². The van der Waals surface area contributed by atoms with Crippen LogP contribution in [0.1, 0.15) is 6.92 Å². The average Bonchev–Trinajstić information content (AvgIpc) is 2.16. The highest BCUT2D eigenvalue weighted by atomic mass is 32.2. The van der Waals surface area contributed by atoms with Gasteiger partial charge in [0.2, 0.25) is 0 Å². The van der Waals surface area contributed by atoms with Crippen LogP contribution in [0.3, 0.4) is 0 Å². The molecule has 0 fully saturated rings. The van der Waals surface area contributed by atoms with Crippen LogP contribution in [0, 0.1) is 5.92 Å². The molecule has 1 atom stereocenters. The van der Waals surface area contributed by atoms with Crippen molar-refractivity contribution in [1.29, 1.82) is 0 Å². The molecule has 2 nitrogen and oxygen atoms in total. The van der Waals surface area contributed by atoms with E-state index in [1.54, 1.807) is 11.8 Å². The summed E-state index contributed by atoms with van der Waals surface area (Å²) < 4.78 is 0. The topological polar surface area (TPSA) is 46.2 Å². The number of thioether (sulfide) groups is 1. The molecule has 1 unspecified atom stereocenters.